The first-order valence-corrected chi connectivity index (χ1v) is 7.20. The number of nitrogens with zero attached hydrogens (tertiary/aromatic N) is 2. The van der Waals surface area contributed by atoms with Gasteiger partial charge in [-0.3, -0.25) is 4.79 Å². The molecule has 2 rings (SSSR count). The van der Waals surface area contributed by atoms with Crippen LogP contribution in [0.15, 0.2) is 42.1 Å². The Morgan fingerprint density at radius 3 is 3.05 bits per heavy atom. The van der Waals surface area contributed by atoms with Gasteiger partial charge < -0.3 is 9.88 Å². The van der Waals surface area contributed by atoms with E-state index < -0.39 is 0 Å². The SMILES string of the molecule is C=CCNC(=O)CSc1nc2ccccc2n1CC. The van der Waals surface area contributed by atoms with E-state index in [0.717, 1.165) is 22.7 Å². The van der Waals surface area contributed by atoms with E-state index in [-0.39, 0.29) is 5.91 Å². The lowest BCUT2D eigenvalue weighted by atomic mass is 10.3. The second-order valence-corrected chi connectivity index (χ2v) is 4.95. The summed E-state index contributed by atoms with van der Waals surface area (Å²) in [6.45, 7) is 7.00. The number of thioether (sulfide) groups is 1. The largest absolute Gasteiger partial charge is 0.352 e. The van der Waals surface area contributed by atoms with Crippen molar-refractivity contribution in [2.75, 3.05) is 12.3 Å². The predicted molar refractivity (Wildman–Crippen MR) is 79.3 cm³/mol. The van der Waals surface area contributed by atoms with Crippen LogP contribution in [0.25, 0.3) is 11.0 Å². The lowest BCUT2D eigenvalue weighted by molar-refractivity contribution is -0.118. The molecule has 0 spiro atoms. The second kappa shape index (κ2) is 6.43. The van der Waals surface area contributed by atoms with Gasteiger partial charge in [0.15, 0.2) is 5.16 Å². The first-order valence-electron chi connectivity index (χ1n) is 6.22. The van der Waals surface area contributed by atoms with Gasteiger partial charge in [-0.25, -0.2) is 4.98 Å². The molecule has 0 aliphatic carbocycles. The second-order valence-electron chi connectivity index (χ2n) is 4.01. The fraction of sp³-hybridized carbons (Fsp3) is 0.286. The Hall–Kier alpha value is -1.75. The summed E-state index contributed by atoms with van der Waals surface area (Å²) in [7, 11) is 0. The van der Waals surface area contributed by atoms with Crippen molar-refractivity contribution in [2.45, 2.75) is 18.6 Å². The maximum Gasteiger partial charge on any atom is 0.230 e. The monoisotopic (exact) mass is 275 g/mol. The minimum absolute atomic E-state index is 0.000362. The molecule has 0 bridgehead atoms. The molecule has 0 atom stereocenters. The van der Waals surface area contributed by atoms with Crippen LogP contribution in [0, 0.1) is 0 Å². The molecule has 1 N–H and O–H groups in total. The van der Waals surface area contributed by atoms with E-state index in [2.05, 4.69) is 28.4 Å². The smallest absolute Gasteiger partial charge is 0.230 e. The Morgan fingerprint density at radius 1 is 1.53 bits per heavy atom. The summed E-state index contributed by atoms with van der Waals surface area (Å²) in [5.41, 5.74) is 2.08. The fourth-order valence-corrected chi connectivity index (χ4v) is 2.74. The lowest BCUT2D eigenvalue weighted by Gasteiger charge is -2.05. The number of rotatable bonds is 6. The van der Waals surface area contributed by atoms with E-state index in [1.165, 1.54) is 11.8 Å². The van der Waals surface area contributed by atoms with E-state index in [9.17, 15) is 4.79 Å². The molecular weight excluding hydrogens is 258 g/mol. The Bertz CT molecular complexity index is 591. The highest BCUT2D eigenvalue weighted by molar-refractivity contribution is 7.99. The Morgan fingerprint density at radius 2 is 2.32 bits per heavy atom. The highest BCUT2D eigenvalue weighted by Gasteiger charge is 2.11. The number of imidazole rings is 1. The number of para-hydroxylation sites is 2. The molecule has 0 aliphatic heterocycles. The highest BCUT2D eigenvalue weighted by Crippen LogP contribution is 2.23. The summed E-state index contributed by atoms with van der Waals surface area (Å²) in [4.78, 5) is 16.1. The van der Waals surface area contributed by atoms with Crippen molar-refractivity contribution in [3.05, 3.63) is 36.9 Å². The minimum atomic E-state index is -0.000362. The summed E-state index contributed by atoms with van der Waals surface area (Å²) in [5.74, 6) is 0.372. The molecule has 100 valence electrons. The molecule has 0 unspecified atom stereocenters. The molecule has 1 aromatic heterocycles. The first-order chi connectivity index (χ1) is 9.26. The van der Waals surface area contributed by atoms with Crippen molar-refractivity contribution in [2.24, 2.45) is 0 Å². The Kier molecular flexibility index (Phi) is 4.63. The lowest BCUT2D eigenvalue weighted by Crippen LogP contribution is -2.25. The van der Waals surface area contributed by atoms with Gasteiger partial charge in [0.1, 0.15) is 0 Å². The molecule has 1 aromatic carbocycles. The number of hydrogen-bond donors (Lipinski definition) is 1. The van der Waals surface area contributed by atoms with Gasteiger partial charge in [-0.1, -0.05) is 30.0 Å². The van der Waals surface area contributed by atoms with Crippen LogP contribution in [0.2, 0.25) is 0 Å². The molecule has 4 nitrogen and oxygen atoms in total. The Labute approximate surface area is 116 Å². The van der Waals surface area contributed by atoms with Crippen LogP contribution in [0.1, 0.15) is 6.92 Å². The predicted octanol–water partition coefficient (Wildman–Crippen LogP) is 2.45. The average molecular weight is 275 g/mol. The van der Waals surface area contributed by atoms with Crippen LogP contribution >= 0.6 is 11.8 Å². The van der Waals surface area contributed by atoms with Crippen LogP contribution in [0.3, 0.4) is 0 Å². The molecule has 1 amide bonds. The van der Waals surface area contributed by atoms with Gasteiger partial charge in [0, 0.05) is 13.1 Å². The van der Waals surface area contributed by atoms with Gasteiger partial charge in [0.25, 0.3) is 0 Å². The molecule has 2 aromatic rings. The standard InChI is InChI=1S/C14H17N3OS/c1-3-9-15-13(18)10-19-14-16-11-7-5-6-8-12(11)17(14)4-2/h3,5-8H,1,4,9-10H2,2H3,(H,15,18). The van der Waals surface area contributed by atoms with Crippen molar-refractivity contribution >= 4 is 28.7 Å². The van der Waals surface area contributed by atoms with Crippen molar-refractivity contribution in [1.82, 2.24) is 14.9 Å². The molecule has 19 heavy (non-hydrogen) atoms. The Balaban J connectivity index is 2.12. The molecule has 0 aliphatic rings. The molecule has 5 heteroatoms. The summed E-state index contributed by atoms with van der Waals surface area (Å²) >= 11 is 1.46. The molecule has 0 fully saturated rings. The number of carbonyl (C=O) groups excluding carboxylic acids is 1. The molecule has 0 radical (unpaired) electrons. The third-order valence-corrected chi connectivity index (χ3v) is 3.69. The van der Waals surface area contributed by atoms with Gasteiger partial charge in [-0.15, -0.1) is 6.58 Å². The van der Waals surface area contributed by atoms with E-state index in [1.807, 2.05) is 24.3 Å². The number of fused-ring (bicyclic) bond motifs is 1. The summed E-state index contributed by atoms with van der Waals surface area (Å²) in [6.07, 6.45) is 1.67. The van der Waals surface area contributed by atoms with Crippen LogP contribution in [0.5, 0.6) is 0 Å². The van der Waals surface area contributed by atoms with Crippen molar-refractivity contribution in [3.8, 4) is 0 Å². The highest BCUT2D eigenvalue weighted by atomic mass is 32.2. The number of aryl methyl sites for hydroxylation is 1. The van der Waals surface area contributed by atoms with Crippen molar-refractivity contribution < 1.29 is 4.79 Å². The normalized spacial score (nSPS) is 10.6. The van der Waals surface area contributed by atoms with E-state index >= 15 is 0 Å². The van der Waals surface area contributed by atoms with Crippen LogP contribution < -0.4 is 5.32 Å². The number of amides is 1. The molecular formula is C14H17N3OS. The topological polar surface area (TPSA) is 46.9 Å². The van der Waals surface area contributed by atoms with Gasteiger partial charge >= 0.3 is 0 Å². The zero-order valence-corrected chi connectivity index (χ0v) is 11.7. The third kappa shape index (κ3) is 3.17. The zero-order chi connectivity index (χ0) is 13.7. The molecule has 1 heterocycles. The number of aromatic nitrogens is 2. The van der Waals surface area contributed by atoms with Crippen LogP contribution in [-0.2, 0) is 11.3 Å². The van der Waals surface area contributed by atoms with Gasteiger partial charge in [-0.05, 0) is 19.1 Å². The fourth-order valence-electron chi connectivity index (χ4n) is 1.84. The van der Waals surface area contributed by atoms with Crippen LogP contribution in [-0.4, -0.2) is 27.8 Å². The van der Waals surface area contributed by atoms with Crippen LogP contribution in [0.4, 0.5) is 0 Å². The minimum Gasteiger partial charge on any atom is -0.352 e. The number of carbonyl (C=O) groups is 1. The van der Waals surface area contributed by atoms with Crippen molar-refractivity contribution in [3.63, 3.8) is 0 Å². The molecule has 0 saturated heterocycles. The quantitative estimate of drug-likeness (QED) is 0.650. The van der Waals surface area contributed by atoms with Crippen molar-refractivity contribution in [1.29, 1.82) is 0 Å². The van der Waals surface area contributed by atoms with Gasteiger partial charge in [-0.2, -0.15) is 0 Å². The van der Waals surface area contributed by atoms with Gasteiger partial charge in [0.05, 0.1) is 16.8 Å². The van der Waals surface area contributed by atoms with E-state index in [1.54, 1.807) is 6.08 Å². The number of nitrogens with one attached hydrogen (secondary N) is 1. The molecule has 0 saturated carbocycles. The number of benzene rings is 1. The summed E-state index contributed by atoms with van der Waals surface area (Å²) in [5, 5.41) is 3.65. The third-order valence-electron chi connectivity index (χ3n) is 2.71. The first kappa shape index (κ1) is 13.7. The van der Waals surface area contributed by atoms with Gasteiger partial charge in [0.2, 0.25) is 5.91 Å². The van der Waals surface area contributed by atoms with E-state index in [4.69, 9.17) is 0 Å². The zero-order valence-electron chi connectivity index (χ0n) is 10.9. The maximum atomic E-state index is 11.6. The van der Waals surface area contributed by atoms with E-state index in [0.29, 0.717) is 12.3 Å². The summed E-state index contributed by atoms with van der Waals surface area (Å²) in [6, 6.07) is 8.01. The maximum absolute atomic E-state index is 11.6. The number of hydrogen-bond acceptors (Lipinski definition) is 3. The average Bonchev–Trinajstić information content (AvgIpc) is 2.80. The summed E-state index contributed by atoms with van der Waals surface area (Å²) < 4.78 is 2.13.